The fraction of sp³-hybridized carbons (Fsp3) is 0.333. The first-order chi connectivity index (χ1) is 14.4. The quantitative estimate of drug-likeness (QED) is 0.546. The largest absolute Gasteiger partial charge is 0.454 e. The fourth-order valence-electron chi connectivity index (χ4n) is 2.78. The van der Waals surface area contributed by atoms with Gasteiger partial charge in [0.25, 0.3) is 5.91 Å². The summed E-state index contributed by atoms with van der Waals surface area (Å²) >= 11 is 12.0. The van der Waals surface area contributed by atoms with E-state index in [1.54, 1.807) is 26.8 Å². The number of hydrogen-bond donors (Lipinski definition) is 2. The van der Waals surface area contributed by atoms with E-state index in [2.05, 4.69) is 10.0 Å². The van der Waals surface area contributed by atoms with Crippen molar-refractivity contribution in [2.75, 3.05) is 11.9 Å². The summed E-state index contributed by atoms with van der Waals surface area (Å²) < 4.78 is 32.6. The molecule has 0 unspecified atom stereocenters. The minimum Gasteiger partial charge on any atom is -0.454 e. The Morgan fingerprint density at radius 1 is 1.06 bits per heavy atom. The van der Waals surface area contributed by atoms with E-state index in [1.807, 2.05) is 13.0 Å². The van der Waals surface area contributed by atoms with Gasteiger partial charge in [-0.1, -0.05) is 43.1 Å². The molecule has 0 heterocycles. The number of rotatable bonds is 8. The highest BCUT2D eigenvalue weighted by Crippen LogP contribution is 2.27. The molecule has 0 radical (unpaired) electrons. The highest BCUT2D eigenvalue weighted by Gasteiger charge is 2.30. The maximum absolute atomic E-state index is 12.6. The first kappa shape index (κ1) is 25.1. The third-order valence-corrected chi connectivity index (χ3v) is 6.38. The zero-order valence-electron chi connectivity index (χ0n) is 17.5. The molecule has 0 aromatic heterocycles. The Morgan fingerprint density at radius 3 is 2.23 bits per heavy atom. The molecule has 0 saturated heterocycles. The van der Waals surface area contributed by atoms with Crippen molar-refractivity contribution < 1.29 is 22.7 Å². The molecule has 0 saturated carbocycles. The van der Waals surface area contributed by atoms with E-state index in [-0.39, 0.29) is 4.90 Å². The molecule has 1 atom stereocenters. The number of carbonyl (C=O) groups is 2. The summed E-state index contributed by atoms with van der Waals surface area (Å²) in [6.45, 7) is 6.40. The zero-order chi connectivity index (χ0) is 23.3. The number of carbonyl (C=O) groups excluding carboxylic acids is 2. The molecular weight excluding hydrogens is 463 g/mol. The monoisotopic (exact) mass is 486 g/mol. The molecule has 2 aromatic rings. The number of hydrogen-bond acceptors (Lipinski definition) is 5. The number of nitrogens with one attached hydrogen (secondary N) is 2. The van der Waals surface area contributed by atoms with E-state index in [0.29, 0.717) is 15.7 Å². The summed E-state index contributed by atoms with van der Waals surface area (Å²) in [5.41, 5.74) is 2.14. The van der Waals surface area contributed by atoms with Crippen LogP contribution < -0.4 is 10.0 Å². The molecule has 168 valence electrons. The number of aryl methyl sites for hydroxylation is 2. The Kier molecular flexibility index (Phi) is 8.48. The van der Waals surface area contributed by atoms with Crippen molar-refractivity contribution in [3.05, 3.63) is 57.6 Å². The number of ether oxygens (including phenoxy) is 1. The van der Waals surface area contributed by atoms with Gasteiger partial charge in [-0.15, -0.1) is 0 Å². The van der Waals surface area contributed by atoms with Gasteiger partial charge in [0.2, 0.25) is 10.0 Å². The number of anilines is 1. The summed E-state index contributed by atoms with van der Waals surface area (Å²) in [5.74, 6) is -1.88. The van der Waals surface area contributed by atoms with Crippen LogP contribution in [0.3, 0.4) is 0 Å². The van der Waals surface area contributed by atoms with Crippen LogP contribution in [0.2, 0.25) is 10.0 Å². The fourth-order valence-corrected chi connectivity index (χ4v) is 4.61. The Morgan fingerprint density at radius 2 is 1.68 bits per heavy atom. The van der Waals surface area contributed by atoms with Crippen molar-refractivity contribution in [2.45, 2.75) is 38.6 Å². The predicted octanol–water partition coefficient (Wildman–Crippen LogP) is 4.10. The number of amides is 1. The molecule has 0 bridgehead atoms. The van der Waals surface area contributed by atoms with Gasteiger partial charge in [-0.2, -0.15) is 4.72 Å². The molecule has 0 aliphatic rings. The first-order valence-electron chi connectivity index (χ1n) is 9.42. The van der Waals surface area contributed by atoms with Crippen molar-refractivity contribution in [1.82, 2.24) is 4.72 Å². The lowest BCUT2D eigenvalue weighted by Gasteiger charge is -2.21. The highest BCUT2D eigenvalue weighted by atomic mass is 35.5. The van der Waals surface area contributed by atoms with E-state index in [0.717, 1.165) is 11.1 Å². The van der Waals surface area contributed by atoms with Gasteiger partial charge in [0.1, 0.15) is 6.04 Å². The van der Waals surface area contributed by atoms with Crippen LogP contribution in [0.15, 0.2) is 41.3 Å². The normalized spacial score (nSPS) is 12.5. The predicted molar refractivity (Wildman–Crippen MR) is 121 cm³/mol. The van der Waals surface area contributed by atoms with Gasteiger partial charge in [-0.3, -0.25) is 9.59 Å². The van der Waals surface area contributed by atoms with Crippen molar-refractivity contribution >= 4 is 50.8 Å². The molecule has 1 amide bonds. The second-order valence-electron chi connectivity index (χ2n) is 7.39. The van der Waals surface area contributed by atoms with Crippen LogP contribution in [0.5, 0.6) is 0 Å². The molecule has 2 rings (SSSR count). The average molecular weight is 487 g/mol. The standard InChI is InChI=1S/C21H24Cl2N2O5S/c1-12(2)19(25-31(28,29)16-7-5-15(22)6-8-16)21(27)30-11-18(26)24-20-14(4)9-13(3)10-17(20)23/h5-10,12,19,25H,11H2,1-4H3,(H,24,26)/t19-/m0/s1. The number of benzene rings is 2. The Labute approximate surface area is 192 Å². The van der Waals surface area contributed by atoms with Crippen molar-refractivity contribution in [2.24, 2.45) is 5.92 Å². The SMILES string of the molecule is Cc1cc(C)c(NC(=O)COC(=O)[C@@H](NS(=O)(=O)c2ccc(Cl)cc2)C(C)C)c(Cl)c1. The maximum Gasteiger partial charge on any atom is 0.324 e. The van der Waals surface area contributed by atoms with Gasteiger partial charge in [0.15, 0.2) is 6.61 Å². The molecule has 2 N–H and O–H groups in total. The Bertz CT molecular complexity index is 1050. The average Bonchev–Trinajstić information content (AvgIpc) is 2.67. The summed E-state index contributed by atoms with van der Waals surface area (Å²) in [5, 5.41) is 3.36. The van der Waals surface area contributed by atoms with E-state index in [1.165, 1.54) is 24.3 Å². The lowest BCUT2D eigenvalue weighted by atomic mass is 10.1. The number of esters is 1. The van der Waals surface area contributed by atoms with E-state index >= 15 is 0 Å². The molecular formula is C21H24Cl2N2O5S. The van der Waals surface area contributed by atoms with Gasteiger partial charge in [0, 0.05) is 5.02 Å². The first-order valence-corrected chi connectivity index (χ1v) is 11.7. The molecule has 0 fully saturated rings. The highest BCUT2D eigenvalue weighted by molar-refractivity contribution is 7.89. The minimum atomic E-state index is -4.00. The molecule has 2 aromatic carbocycles. The van der Waals surface area contributed by atoms with Gasteiger partial charge in [-0.05, 0) is 61.2 Å². The van der Waals surface area contributed by atoms with E-state index in [4.69, 9.17) is 27.9 Å². The smallest absolute Gasteiger partial charge is 0.324 e. The lowest BCUT2D eigenvalue weighted by molar-refractivity contribution is -0.150. The molecule has 7 nitrogen and oxygen atoms in total. The van der Waals surface area contributed by atoms with E-state index < -0.39 is 40.5 Å². The van der Waals surface area contributed by atoms with Gasteiger partial charge in [-0.25, -0.2) is 8.42 Å². The lowest BCUT2D eigenvalue weighted by Crippen LogP contribution is -2.45. The van der Waals surface area contributed by atoms with Crippen LogP contribution in [0.4, 0.5) is 5.69 Å². The van der Waals surface area contributed by atoms with Crippen LogP contribution in [0.1, 0.15) is 25.0 Å². The second-order valence-corrected chi connectivity index (χ2v) is 9.95. The summed E-state index contributed by atoms with van der Waals surface area (Å²) in [6, 6.07) is 7.90. The van der Waals surface area contributed by atoms with Crippen molar-refractivity contribution in [3.63, 3.8) is 0 Å². The zero-order valence-corrected chi connectivity index (χ0v) is 19.9. The van der Waals surface area contributed by atoms with Crippen LogP contribution in [-0.4, -0.2) is 32.9 Å². The molecule has 10 heteroatoms. The summed E-state index contributed by atoms with van der Waals surface area (Å²) in [7, 11) is -4.00. The van der Waals surface area contributed by atoms with E-state index in [9.17, 15) is 18.0 Å². The molecule has 0 spiro atoms. The van der Waals surface area contributed by atoms with Crippen molar-refractivity contribution in [3.8, 4) is 0 Å². The topological polar surface area (TPSA) is 102 Å². The second kappa shape index (κ2) is 10.5. The van der Waals surface area contributed by atoms with Crippen LogP contribution in [-0.2, 0) is 24.3 Å². The minimum absolute atomic E-state index is 0.0439. The molecule has 0 aliphatic carbocycles. The van der Waals surface area contributed by atoms with Crippen LogP contribution >= 0.6 is 23.2 Å². The third-order valence-electron chi connectivity index (χ3n) is 4.37. The van der Waals surface area contributed by atoms with Crippen LogP contribution in [0, 0.1) is 19.8 Å². The summed E-state index contributed by atoms with van der Waals surface area (Å²) in [4.78, 5) is 24.7. The molecule has 31 heavy (non-hydrogen) atoms. The Balaban J connectivity index is 2.04. The maximum atomic E-state index is 12.6. The molecule has 0 aliphatic heterocycles. The number of sulfonamides is 1. The van der Waals surface area contributed by atoms with Gasteiger partial charge in [0.05, 0.1) is 15.6 Å². The number of halogens is 2. The summed E-state index contributed by atoms with van der Waals surface area (Å²) in [6.07, 6.45) is 0. The Hall–Kier alpha value is -2.13. The van der Waals surface area contributed by atoms with Crippen molar-refractivity contribution in [1.29, 1.82) is 0 Å². The van der Waals surface area contributed by atoms with Gasteiger partial charge >= 0.3 is 5.97 Å². The van der Waals surface area contributed by atoms with Crippen LogP contribution in [0.25, 0.3) is 0 Å². The van der Waals surface area contributed by atoms with Gasteiger partial charge < -0.3 is 10.1 Å². The third kappa shape index (κ3) is 6.93.